The minimum absolute atomic E-state index is 0.00206. The van der Waals surface area contributed by atoms with Gasteiger partial charge in [-0.05, 0) is 19.8 Å². The Morgan fingerprint density at radius 2 is 1.90 bits per heavy atom. The van der Waals surface area contributed by atoms with E-state index in [1.54, 1.807) is 14.0 Å². The van der Waals surface area contributed by atoms with Crippen molar-refractivity contribution in [3.8, 4) is 0 Å². The van der Waals surface area contributed by atoms with Crippen LogP contribution in [0.2, 0.25) is 0 Å². The number of hydrogen-bond acceptors (Lipinski definition) is 5. The van der Waals surface area contributed by atoms with Crippen molar-refractivity contribution in [2.45, 2.75) is 55.9 Å². The van der Waals surface area contributed by atoms with Crippen LogP contribution < -0.4 is 10.5 Å². The van der Waals surface area contributed by atoms with Crippen LogP contribution >= 0.6 is 0 Å². The number of rotatable bonds is 4. The molecule has 0 aromatic carbocycles. The summed E-state index contributed by atoms with van der Waals surface area (Å²) in [5.41, 5.74) is 5.20. The van der Waals surface area contributed by atoms with Gasteiger partial charge in [0.05, 0.1) is 11.3 Å². The molecule has 0 saturated heterocycles. The molecule has 4 N–H and O–H groups in total. The van der Waals surface area contributed by atoms with Crippen molar-refractivity contribution in [2.24, 2.45) is 7.05 Å². The summed E-state index contributed by atoms with van der Waals surface area (Å²) >= 11 is 0. The van der Waals surface area contributed by atoms with E-state index in [0.717, 1.165) is 25.7 Å². The van der Waals surface area contributed by atoms with Gasteiger partial charge in [0.25, 0.3) is 0 Å². The van der Waals surface area contributed by atoms with E-state index in [2.05, 4.69) is 9.82 Å². The molecular formula is C13H24N4O3S. The van der Waals surface area contributed by atoms with Crippen LogP contribution in [-0.4, -0.2) is 35.5 Å². The lowest BCUT2D eigenvalue weighted by molar-refractivity contribution is 0.0303. The van der Waals surface area contributed by atoms with Crippen molar-refractivity contribution in [1.29, 1.82) is 0 Å². The van der Waals surface area contributed by atoms with Gasteiger partial charge in [-0.1, -0.05) is 25.7 Å². The zero-order valence-electron chi connectivity index (χ0n) is 12.6. The Morgan fingerprint density at radius 3 is 2.38 bits per heavy atom. The highest BCUT2D eigenvalue weighted by molar-refractivity contribution is 7.89. The molecule has 0 radical (unpaired) electrons. The maximum atomic E-state index is 12.4. The molecule has 120 valence electrons. The third-order valence-electron chi connectivity index (χ3n) is 4.20. The number of aliphatic hydroxyl groups is 1. The number of nitrogens with zero attached hydrogens (tertiary/aromatic N) is 2. The van der Waals surface area contributed by atoms with Gasteiger partial charge < -0.3 is 10.8 Å². The fraction of sp³-hybridized carbons (Fsp3) is 0.769. The van der Waals surface area contributed by atoms with E-state index in [1.807, 2.05) is 0 Å². The molecule has 7 nitrogen and oxygen atoms in total. The van der Waals surface area contributed by atoms with Crippen LogP contribution in [0.25, 0.3) is 0 Å². The first-order chi connectivity index (χ1) is 9.75. The molecule has 0 unspecified atom stereocenters. The van der Waals surface area contributed by atoms with E-state index in [1.165, 1.54) is 4.68 Å². The molecule has 1 aromatic rings. The number of nitrogens with one attached hydrogen (secondary N) is 1. The molecule has 1 saturated carbocycles. The largest absolute Gasteiger partial charge is 0.389 e. The van der Waals surface area contributed by atoms with E-state index in [-0.39, 0.29) is 17.3 Å². The third kappa shape index (κ3) is 3.56. The van der Waals surface area contributed by atoms with Crippen LogP contribution in [0.5, 0.6) is 0 Å². The van der Waals surface area contributed by atoms with Crippen molar-refractivity contribution < 1.29 is 13.5 Å². The number of aromatic nitrogens is 2. The summed E-state index contributed by atoms with van der Waals surface area (Å²) < 4.78 is 28.7. The predicted molar refractivity (Wildman–Crippen MR) is 80.2 cm³/mol. The molecule has 21 heavy (non-hydrogen) atoms. The lowest BCUT2D eigenvalue weighted by Crippen LogP contribution is -2.42. The molecule has 8 heteroatoms. The predicted octanol–water partition coefficient (Wildman–Crippen LogP) is 0.674. The number of anilines is 1. The SMILES string of the molecule is Cc1c(S(=O)(=O)NCC2(O)CCCCCC2)c(N)nn1C. The number of nitrogens with two attached hydrogens (primary N) is 1. The summed E-state index contributed by atoms with van der Waals surface area (Å²) in [5, 5.41) is 14.4. The molecule has 1 aliphatic rings. The number of aryl methyl sites for hydroxylation is 1. The number of hydrogen-bond donors (Lipinski definition) is 3. The first-order valence-electron chi connectivity index (χ1n) is 7.26. The lowest BCUT2D eigenvalue weighted by Gasteiger charge is -2.26. The average Bonchev–Trinajstić information content (AvgIpc) is 2.56. The molecule has 1 fully saturated rings. The third-order valence-corrected chi connectivity index (χ3v) is 5.77. The highest BCUT2D eigenvalue weighted by atomic mass is 32.2. The van der Waals surface area contributed by atoms with Gasteiger partial charge in [-0.25, -0.2) is 13.1 Å². The second-order valence-corrected chi connectivity index (χ2v) is 7.59. The Bertz CT molecular complexity index is 601. The van der Waals surface area contributed by atoms with Gasteiger partial charge >= 0.3 is 0 Å². The lowest BCUT2D eigenvalue weighted by atomic mass is 9.95. The fourth-order valence-electron chi connectivity index (χ4n) is 2.81. The number of sulfonamides is 1. The van der Waals surface area contributed by atoms with E-state index < -0.39 is 15.6 Å². The molecule has 0 bridgehead atoms. The molecule has 0 spiro atoms. The fourth-order valence-corrected chi connectivity index (χ4v) is 4.25. The molecule has 2 rings (SSSR count). The molecule has 0 amide bonds. The molecule has 1 aromatic heterocycles. The van der Waals surface area contributed by atoms with Gasteiger partial charge in [-0.15, -0.1) is 0 Å². The van der Waals surface area contributed by atoms with E-state index in [4.69, 9.17) is 5.73 Å². The summed E-state index contributed by atoms with van der Waals surface area (Å²) in [6, 6.07) is 0. The summed E-state index contributed by atoms with van der Waals surface area (Å²) in [6.45, 7) is 1.67. The summed E-state index contributed by atoms with van der Waals surface area (Å²) in [4.78, 5) is 0.00206. The van der Waals surface area contributed by atoms with Gasteiger partial charge in [0.15, 0.2) is 5.82 Å². The van der Waals surface area contributed by atoms with E-state index in [0.29, 0.717) is 18.5 Å². The summed E-state index contributed by atoms with van der Waals surface area (Å²) in [7, 11) is -2.13. The zero-order valence-corrected chi connectivity index (χ0v) is 13.4. The van der Waals surface area contributed by atoms with Crippen LogP contribution in [0, 0.1) is 6.92 Å². The highest BCUT2D eigenvalue weighted by Crippen LogP contribution is 2.27. The van der Waals surface area contributed by atoms with Gasteiger partial charge in [-0.2, -0.15) is 5.10 Å². The summed E-state index contributed by atoms with van der Waals surface area (Å²) in [6.07, 6.45) is 5.26. The van der Waals surface area contributed by atoms with Crippen LogP contribution in [0.3, 0.4) is 0 Å². The van der Waals surface area contributed by atoms with Crippen LogP contribution in [0.15, 0.2) is 4.90 Å². The quantitative estimate of drug-likeness (QED) is 0.707. The standard InChI is InChI=1S/C13H24N4O3S/c1-10-11(12(14)16-17(10)2)21(19,20)15-9-13(18)7-5-3-4-6-8-13/h15,18H,3-9H2,1-2H3,(H2,14,16). The van der Waals surface area contributed by atoms with Crippen molar-refractivity contribution in [2.75, 3.05) is 12.3 Å². The van der Waals surface area contributed by atoms with Crippen LogP contribution in [-0.2, 0) is 17.1 Å². The first kappa shape index (κ1) is 16.3. The maximum absolute atomic E-state index is 12.4. The monoisotopic (exact) mass is 316 g/mol. The van der Waals surface area contributed by atoms with E-state index in [9.17, 15) is 13.5 Å². The number of nitrogen functional groups attached to an aromatic ring is 1. The Hall–Kier alpha value is -1.12. The highest BCUT2D eigenvalue weighted by Gasteiger charge is 2.32. The second kappa shape index (κ2) is 5.94. The Kier molecular flexibility index (Phi) is 4.60. The Morgan fingerprint density at radius 1 is 1.33 bits per heavy atom. The average molecular weight is 316 g/mol. The van der Waals surface area contributed by atoms with Crippen LogP contribution in [0.4, 0.5) is 5.82 Å². The Labute approximate surface area is 125 Å². The second-order valence-electron chi connectivity index (χ2n) is 5.89. The van der Waals surface area contributed by atoms with Crippen molar-refractivity contribution >= 4 is 15.8 Å². The van der Waals surface area contributed by atoms with Gasteiger partial charge in [0, 0.05) is 13.6 Å². The molecule has 1 heterocycles. The summed E-state index contributed by atoms with van der Waals surface area (Å²) in [5.74, 6) is -0.0182. The minimum atomic E-state index is -3.77. The van der Waals surface area contributed by atoms with Crippen LogP contribution in [0.1, 0.15) is 44.2 Å². The zero-order chi connectivity index (χ0) is 15.7. The molecular weight excluding hydrogens is 292 g/mol. The maximum Gasteiger partial charge on any atom is 0.246 e. The van der Waals surface area contributed by atoms with Crippen molar-refractivity contribution in [1.82, 2.24) is 14.5 Å². The van der Waals surface area contributed by atoms with E-state index >= 15 is 0 Å². The smallest absolute Gasteiger partial charge is 0.246 e. The molecule has 0 aliphatic heterocycles. The Balaban J connectivity index is 2.14. The van der Waals surface area contributed by atoms with Gasteiger partial charge in [0.2, 0.25) is 10.0 Å². The van der Waals surface area contributed by atoms with Crippen molar-refractivity contribution in [3.63, 3.8) is 0 Å². The molecule has 1 aliphatic carbocycles. The molecule has 0 atom stereocenters. The normalized spacial score (nSPS) is 19.4. The van der Waals surface area contributed by atoms with Gasteiger partial charge in [0.1, 0.15) is 4.90 Å². The topological polar surface area (TPSA) is 110 Å². The van der Waals surface area contributed by atoms with Crippen molar-refractivity contribution in [3.05, 3.63) is 5.69 Å². The first-order valence-corrected chi connectivity index (χ1v) is 8.75. The van der Waals surface area contributed by atoms with Gasteiger partial charge in [-0.3, -0.25) is 4.68 Å². The minimum Gasteiger partial charge on any atom is -0.389 e.